The van der Waals surface area contributed by atoms with E-state index in [0.29, 0.717) is 31.9 Å². The van der Waals surface area contributed by atoms with Crippen LogP contribution in [0.2, 0.25) is 0 Å². The van der Waals surface area contributed by atoms with Gasteiger partial charge in [0.2, 0.25) is 17.7 Å². The predicted molar refractivity (Wildman–Crippen MR) is 155 cm³/mol. The lowest BCUT2D eigenvalue weighted by atomic mass is 9.77. The zero-order valence-electron chi connectivity index (χ0n) is 24.6. The summed E-state index contributed by atoms with van der Waals surface area (Å²) in [6.45, 7) is 9.59. The number of unbranched alkanes of at least 4 members (excludes halogenated alkanes) is 1. The molecule has 2 fully saturated rings. The van der Waals surface area contributed by atoms with E-state index in [1.807, 2.05) is 69.3 Å². The lowest BCUT2D eigenvalue weighted by molar-refractivity contribution is -0.151. The lowest BCUT2D eigenvalue weighted by Crippen LogP contribution is -2.59. The van der Waals surface area contributed by atoms with Gasteiger partial charge in [0.05, 0.1) is 37.2 Å². The quantitative estimate of drug-likeness (QED) is 0.438. The molecule has 5 rings (SSSR count). The highest BCUT2D eigenvalue weighted by atomic mass is 16.5. The van der Waals surface area contributed by atoms with E-state index < -0.39 is 35.6 Å². The van der Waals surface area contributed by atoms with Crippen LogP contribution in [0.15, 0.2) is 48.6 Å². The van der Waals surface area contributed by atoms with Gasteiger partial charge in [-0.25, -0.2) is 0 Å². The van der Waals surface area contributed by atoms with Crippen LogP contribution in [0.5, 0.6) is 5.75 Å². The second-order valence-corrected chi connectivity index (χ2v) is 11.6. The van der Waals surface area contributed by atoms with Crippen LogP contribution in [0.3, 0.4) is 0 Å². The predicted octanol–water partition coefficient (Wildman–Crippen LogP) is 3.17. The van der Waals surface area contributed by atoms with Crippen LogP contribution in [-0.4, -0.2) is 89.3 Å². The number of amides is 3. The molecule has 9 nitrogen and oxygen atoms in total. The molecule has 4 aliphatic rings. The normalized spacial score (nSPS) is 30.6. The van der Waals surface area contributed by atoms with Crippen LogP contribution in [-0.2, 0) is 19.1 Å². The summed E-state index contributed by atoms with van der Waals surface area (Å²) >= 11 is 0. The molecule has 4 aliphatic heterocycles. The van der Waals surface area contributed by atoms with E-state index in [4.69, 9.17) is 9.47 Å². The Hall–Kier alpha value is -3.17. The maximum atomic E-state index is 14.5. The zero-order chi connectivity index (χ0) is 29.3. The number of hydrogen-bond acceptors (Lipinski definition) is 6. The number of carbonyl (C=O) groups is 3. The average Bonchev–Trinajstić information content (AvgIpc) is 3.29. The number of aliphatic hydroxyl groups excluding tert-OH is 1. The third kappa shape index (κ3) is 4.87. The fourth-order valence-electron chi connectivity index (χ4n) is 6.97. The summed E-state index contributed by atoms with van der Waals surface area (Å²) in [4.78, 5) is 48.2. The van der Waals surface area contributed by atoms with Gasteiger partial charge in [-0.3, -0.25) is 14.4 Å². The molecule has 7 atom stereocenters. The highest BCUT2D eigenvalue weighted by molar-refractivity contribution is 6.04. The summed E-state index contributed by atoms with van der Waals surface area (Å²) in [7, 11) is 0. The summed E-state index contributed by atoms with van der Waals surface area (Å²) in [6, 6.07) is 5.84. The minimum atomic E-state index is -1.30. The van der Waals surface area contributed by atoms with Crippen molar-refractivity contribution in [3.63, 3.8) is 0 Å². The van der Waals surface area contributed by atoms with E-state index in [9.17, 15) is 19.5 Å². The number of benzene rings is 1. The maximum absolute atomic E-state index is 14.5. The molecule has 3 amide bonds. The van der Waals surface area contributed by atoms with Gasteiger partial charge >= 0.3 is 0 Å². The highest BCUT2D eigenvalue weighted by Crippen LogP contribution is 2.54. The van der Waals surface area contributed by atoms with E-state index in [1.54, 1.807) is 14.7 Å². The van der Waals surface area contributed by atoms with Crippen molar-refractivity contribution in [3.05, 3.63) is 48.6 Å². The molecule has 0 aromatic heterocycles. The van der Waals surface area contributed by atoms with Crippen LogP contribution < -0.4 is 9.64 Å². The van der Waals surface area contributed by atoms with Crippen molar-refractivity contribution in [3.8, 4) is 5.75 Å². The second-order valence-electron chi connectivity index (χ2n) is 11.6. The summed E-state index contributed by atoms with van der Waals surface area (Å²) in [5.41, 5.74) is -0.595. The van der Waals surface area contributed by atoms with Crippen molar-refractivity contribution in [1.82, 2.24) is 9.80 Å². The Kier molecular flexibility index (Phi) is 8.57. The van der Waals surface area contributed by atoms with Gasteiger partial charge in [0.25, 0.3) is 0 Å². The Morgan fingerprint density at radius 3 is 2.46 bits per heavy atom. The van der Waals surface area contributed by atoms with Crippen LogP contribution in [0.1, 0.15) is 47.0 Å². The van der Waals surface area contributed by atoms with Crippen molar-refractivity contribution in [2.75, 3.05) is 37.7 Å². The number of rotatable bonds is 10. The first-order valence-corrected chi connectivity index (χ1v) is 15.1. The molecule has 4 heterocycles. The van der Waals surface area contributed by atoms with Crippen molar-refractivity contribution >= 4 is 23.4 Å². The van der Waals surface area contributed by atoms with Gasteiger partial charge in [0, 0.05) is 25.3 Å². The third-order valence-electron chi connectivity index (χ3n) is 9.27. The first-order chi connectivity index (χ1) is 19.8. The molecule has 1 aromatic rings. The number of ether oxygens (including phenoxy) is 2. The average molecular weight is 566 g/mol. The molecule has 0 bridgehead atoms. The molecule has 1 spiro atoms. The standard InChI is InChI=1S/C32H43N3O6/c1-5-8-17-33-18-10-16-32-27(30(38)35(28(32)31(33)39)24(20-36)21(4)6-2)26-25(41-32)11-9-19-34(29(26)37)22-12-14-23(15-13-22)40-7-3/h9-16,21,24-28,36H,5-8,17-20H2,1-4H3/t21-,24-,25-,26+,27-,28?,32-/m0/s1. The summed E-state index contributed by atoms with van der Waals surface area (Å²) < 4.78 is 12.3. The Labute approximate surface area is 242 Å². The molecule has 0 radical (unpaired) electrons. The topological polar surface area (TPSA) is 99.6 Å². The molecule has 1 aromatic carbocycles. The smallest absolute Gasteiger partial charge is 0.249 e. The van der Waals surface area contributed by atoms with Crippen molar-refractivity contribution < 1.29 is 29.0 Å². The molecule has 2 saturated heterocycles. The first-order valence-electron chi connectivity index (χ1n) is 15.1. The fraction of sp³-hybridized carbons (Fsp3) is 0.594. The van der Waals surface area contributed by atoms with Gasteiger partial charge < -0.3 is 29.3 Å². The minimum absolute atomic E-state index is 0.0511. The van der Waals surface area contributed by atoms with E-state index >= 15 is 0 Å². The molecular weight excluding hydrogens is 522 g/mol. The molecule has 222 valence electrons. The lowest BCUT2D eigenvalue weighted by Gasteiger charge is -2.40. The fourth-order valence-corrected chi connectivity index (χ4v) is 6.97. The summed E-state index contributed by atoms with van der Waals surface area (Å²) in [5.74, 6) is -1.72. The van der Waals surface area contributed by atoms with Gasteiger partial charge in [-0.1, -0.05) is 57.9 Å². The first kappa shape index (κ1) is 29.3. The van der Waals surface area contributed by atoms with Crippen LogP contribution in [0.4, 0.5) is 5.69 Å². The van der Waals surface area contributed by atoms with Gasteiger partial charge in [-0.05, 0) is 43.5 Å². The zero-order valence-corrected chi connectivity index (χ0v) is 24.6. The number of likely N-dealkylation sites (tertiary alicyclic amines) is 1. The number of nitrogens with zero attached hydrogens (tertiary/aromatic N) is 3. The maximum Gasteiger partial charge on any atom is 0.249 e. The molecule has 9 heteroatoms. The molecule has 0 aliphatic carbocycles. The van der Waals surface area contributed by atoms with Crippen molar-refractivity contribution in [2.24, 2.45) is 17.8 Å². The number of carbonyl (C=O) groups excluding carboxylic acids is 3. The van der Waals surface area contributed by atoms with Crippen LogP contribution >= 0.6 is 0 Å². The number of anilines is 1. The van der Waals surface area contributed by atoms with Gasteiger partial charge in [-0.15, -0.1) is 0 Å². The summed E-state index contributed by atoms with van der Waals surface area (Å²) in [5, 5.41) is 10.5. The highest BCUT2D eigenvalue weighted by Gasteiger charge is 2.72. The monoisotopic (exact) mass is 565 g/mol. The van der Waals surface area contributed by atoms with E-state index in [1.165, 1.54) is 0 Å². The Morgan fingerprint density at radius 1 is 1.05 bits per heavy atom. The molecule has 1 unspecified atom stereocenters. The Balaban J connectivity index is 1.57. The van der Waals surface area contributed by atoms with Crippen molar-refractivity contribution in [2.45, 2.75) is 70.7 Å². The van der Waals surface area contributed by atoms with Crippen LogP contribution in [0.25, 0.3) is 0 Å². The summed E-state index contributed by atoms with van der Waals surface area (Å²) in [6.07, 6.45) is 9.41. The molecular formula is C32H43N3O6. The SMILES string of the molecule is CCCCN1CC=C[C@]23O[C@H]4C=CCN(c5ccc(OCC)cc5)C(=O)[C@H]4[C@H]2C(=O)N([C@@H](CO)[C@@H](C)CC)C3C1=O. The van der Waals surface area contributed by atoms with Crippen LogP contribution in [0, 0.1) is 17.8 Å². The van der Waals surface area contributed by atoms with E-state index in [0.717, 1.165) is 25.0 Å². The molecule has 41 heavy (non-hydrogen) atoms. The molecule has 1 N–H and O–H groups in total. The third-order valence-corrected chi connectivity index (χ3v) is 9.27. The minimum Gasteiger partial charge on any atom is -0.494 e. The second kappa shape index (κ2) is 12.0. The van der Waals surface area contributed by atoms with E-state index in [-0.39, 0.29) is 30.2 Å². The molecule has 0 saturated carbocycles. The number of hydrogen-bond donors (Lipinski definition) is 1. The Bertz CT molecular complexity index is 1200. The van der Waals surface area contributed by atoms with Crippen molar-refractivity contribution in [1.29, 1.82) is 0 Å². The largest absolute Gasteiger partial charge is 0.494 e. The van der Waals surface area contributed by atoms with Gasteiger partial charge in [0.1, 0.15) is 17.4 Å². The number of aliphatic hydroxyl groups is 1. The van der Waals surface area contributed by atoms with Gasteiger partial charge in [0.15, 0.2) is 0 Å². The van der Waals surface area contributed by atoms with Gasteiger partial charge in [-0.2, -0.15) is 0 Å². The van der Waals surface area contributed by atoms with E-state index in [2.05, 4.69) is 6.92 Å². The number of fused-ring (bicyclic) bond motifs is 2. The Morgan fingerprint density at radius 2 is 1.80 bits per heavy atom.